The van der Waals surface area contributed by atoms with Gasteiger partial charge in [-0.25, -0.2) is 4.79 Å². The largest absolute Gasteiger partial charge is 0.521 e. The van der Waals surface area contributed by atoms with Crippen molar-refractivity contribution in [3.05, 3.63) is 0 Å². The average Bonchev–Trinajstić information content (AvgIpc) is 2.66. The summed E-state index contributed by atoms with van der Waals surface area (Å²) >= 11 is -0.173. The van der Waals surface area contributed by atoms with Crippen LogP contribution in [0.2, 0.25) is 0 Å². The van der Waals surface area contributed by atoms with Gasteiger partial charge < -0.3 is 5.11 Å². The molecule has 1 heterocycles. The summed E-state index contributed by atoms with van der Waals surface area (Å²) in [5.41, 5.74) is 0. The second kappa shape index (κ2) is 5.72. The van der Waals surface area contributed by atoms with Gasteiger partial charge in [-0.15, -0.1) is 0 Å². The number of carbonyl (C=O) groups excluding carboxylic acids is 2. The van der Waals surface area contributed by atoms with Crippen molar-refractivity contribution in [1.29, 1.82) is 0 Å². The predicted octanol–water partition coefficient (Wildman–Crippen LogP) is 2.40. The lowest BCUT2D eigenvalue weighted by molar-refractivity contribution is -0.792. The molecular weight excluding hydrogens is 299 g/mol. The average molecular weight is 314 g/mol. The van der Waals surface area contributed by atoms with Gasteiger partial charge >= 0.3 is 18.2 Å². The summed E-state index contributed by atoms with van der Waals surface area (Å²) in [5, 5.41) is 5.72. The topological polar surface area (TPSA) is 71.4 Å². The Hall–Kier alpha value is -1.09. The number of hydrogen-bond donors (Lipinski definition) is 1. The van der Waals surface area contributed by atoms with Gasteiger partial charge in [0.15, 0.2) is 5.12 Å². The summed E-state index contributed by atoms with van der Waals surface area (Å²) < 4.78 is 37.6. The Bertz CT molecular complexity index is 440. The Morgan fingerprint density at radius 1 is 1.35 bits per heavy atom. The van der Waals surface area contributed by atoms with E-state index in [1.54, 1.807) is 0 Å². The van der Waals surface area contributed by atoms with Crippen LogP contribution in [0.4, 0.5) is 18.0 Å². The number of carbonyl (C=O) groups is 3. The third-order valence-corrected chi connectivity index (χ3v) is 4.46. The Kier molecular flexibility index (Phi) is 4.86. The van der Waals surface area contributed by atoms with Gasteiger partial charge in [0.25, 0.3) is 0 Å². The van der Waals surface area contributed by atoms with Gasteiger partial charge in [0, 0.05) is 19.8 Å². The summed E-state index contributed by atoms with van der Waals surface area (Å²) in [6.45, 7) is 2.17. The smallest absolute Gasteiger partial charge is 0.435 e. The number of thioether (sulfide) groups is 1. The van der Waals surface area contributed by atoms with Crippen LogP contribution >= 0.6 is 11.8 Å². The lowest BCUT2D eigenvalue weighted by Gasteiger charge is -2.32. The zero-order chi connectivity index (χ0) is 15.7. The van der Waals surface area contributed by atoms with E-state index >= 15 is 0 Å². The summed E-state index contributed by atoms with van der Waals surface area (Å²) in [6.07, 6.45) is -5.85. The van der Waals surface area contributed by atoms with Crippen molar-refractivity contribution in [3.8, 4) is 0 Å². The number of halogens is 3. The molecule has 1 rings (SSSR count). The molecule has 0 aromatic rings. The number of carboxylic acid groups (broad SMARTS) is 1. The van der Waals surface area contributed by atoms with Gasteiger partial charge in [-0.05, 0) is 6.92 Å². The van der Waals surface area contributed by atoms with Crippen LogP contribution in [0.3, 0.4) is 0 Å². The number of hydrogen-bond acceptors (Lipinski definition) is 4. The first-order chi connectivity index (χ1) is 9.03. The van der Waals surface area contributed by atoms with Crippen molar-refractivity contribution >= 4 is 28.9 Å². The molecule has 1 fully saturated rings. The van der Waals surface area contributed by atoms with E-state index in [1.807, 2.05) is 0 Å². The van der Waals surface area contributed by atoms with Gasteiger partial charge in [-0.2, -0.15) is 22.4 Å². The Balaban J connectivity index is 3.22. The minimum absolute atomic E-state index is 0.173. The molecule has 114 valence electrons. The molecule has 1 aliphatic rings. The summed E-state index contributed by atoms with van der Waals surface area (Å²) in [7, 11) is 0. The van der Waals surface area contributed by atoms with Crippen LogP contribution in [0, 0.1) is 0 Å². The first-order valence-electron chi connectivity index (χ1n) is 5.93. The number of nitrogens with zero attached hydrogens (tertiary/aromatic N) is 1. The van der Waals surface area contributed by atoms with E-state index in [2.05, 4.69) is 0 Å². The number of amides is 2. The van der Waals surface area contributed by atoms with Crippen LogP contribution in [-0.4, -0.2) is 50.7 Å². The quantitative estimate of drug-likeness (QED) is 0.793. The van der Waals surface area contributed by atoms with Crippen molar-refractivity contribution in [2.75, 3.05) is 6.54 Å². The highest BCUT2D eigenvalue weighted by molar-refractivity contribution is 8.14. The highest BCUT2D eigenvalue weighted by Crippen LogP contribution is 2.38. The molecule has 1 N–H and O–H groups in total. The van der Waals surface area contributed by atoms with Crippen molar-refractivity contribution < 1.29 is 37.1 Å². The molecule has 0 aromatic heterocycles. The van der Waals surface area contributed by atoms with E-state index in [-0.39, 0.29) is 18.3 Å². The minimum Gasteiger partial charge on any atom is -0.435 e. The molecule has 3 atom stereocenters. The Labute approximate surface area is 117 Å². The maximum Gasteiger partial charge on any atom is 0.521 e. The molecule has 2 unspecified atom stereocenters. The maximum atomic E-state index is 12.9. The molecule has 2 amide bonds. The van der Waals surface area contributed by atoms with Gasteiger partial charge in [-0.1, -0.05) is 11.8 Å². The molecule has 9 heteroatoms. The number of imide groups is 1. The SMILES string of the molecule is CC(=O)SC(C(=O)[N+]1(C(=O)O)CCC[C@H]1C)C(F)(F)F. The fraction of sp³-hybridized carbons (Fsp3) is 0.727. The van der Waals surface area contributed by atoms with E-state index in [1.165, 1.54) is 6.92 Å². The fourth-order valence-corrected chi connectivity index (χ4v) is 3.17. The maximum absolute atomic E-state index is 12.9. The van der Waals surface area contributed by atoms with Crippen molar-refractivity contribution in [1.82, 2.24) is 0 Å². The van der Waals surface area contributed by atoms with Crippen LogP contribution in [0.15, 0.2) is 0 Å². The van der Waals surface area contributed by atoms with Crippen LogP contribution in [0.25, 0.3) is 0 Å². The van der Waals surface area contributed by atoms with Gasteiger partial charge in [0.1, 0.15) is 6.04 Å². The summed E-state index contributed by atoms with van der Waals surface area (Å²) in [4.78, 5) is 34.5. The van der Waals surface area contributed by atoms with Crippen LogP contribution in [0.5, 0.6) is 0 Å². The van der Waals surface area contributed by atoms with E-state index in [0.29, 0.717) is 12.8 Å². The van der Waals surface area contributed by atoms with Gasteiger partial charge in [0.2, 0.25) is 5.25 Å². The standard InChI is InChI=1S/C11H14F3NO4S/c1-6-4-3-5-15(6,10(18)19)9(17)8(11(12,13)14)20-7(2)16/h6,8H,3-5H2,1-2H3/p+1/t6-,8?,15?/m1/s1. The highest BCUT2D eigenvalue weighted by atomic mass is 32.2. The van der Waals surface area contributed by atoms with Crippen LogP contribution in [-0.2, 0) is 9.59 Å². The highest BCUT2D eigenvalue weighted by Gasteiger charge is 2.61. The summed E-state index contributed by atoms with van der Waals surface area (Å²) in [5.74, 6) is -1.48. The molecule has 20 heavy (non-hydrogen) atoms. The molecule has 5 nitrogen and oxygen atoms in total. The van der Waals surface area contributed by atoms with Crippen molar-refractivity contribution in [3.63, 3.8) is 0 Å². The summed E-state index contributed by atoms with van der Waals surface area (Å²) in [6, 6.07) is -0.739. The first kappa shape index (κ1) is 17.0. The Morgan fingerprint density at radius 3 is 2.20 bits per heavy atom. The third kappa shape index (κ3) is 2.98. The fourth-order valence-electron chi connectivity index (χ4n) is 2.42. The van der Waals surface area contributed by atoms with Crippen LogP contribution in [0.1, 0.15) is 26.7 Å². The third-order valence-electron chi connectivity index (χ3n) is 3.43. The molecule has 0 radical (unpaired) electrons. The zero-order valence-electron chi connectivity index (χ0n) is 10.9. The monoisotopic (exact) mass is 314 g/mol. The lowest BCUT2D eigenvalue weighted by atomic mass is 10.2. The molecular formula is C11H15F3NO4S+. The second-order valence-corrected chi connectivity index (χ2v) is 6.02. The Morgan fingerprint density at radius 2 is 1.90 bits per heavy atom. The molecule has 0 spiro atoms. The molecule has 0 aromatic carbocycles. The van der Waals surface area contributed by atoms with Crippen LogP contribution < -0.4 is 0 Å². The zero-order valence-corrected chi connectivity index (χ0v) is 11.8. The molecule has 1 aliphatic heterocycles. The molecule has 0 aliphatic carbocycles. The molecule has 0 bridgehead atoms. The second-order valence-electron chi connectivity index (χ2n) is 4.74. The molecule has 0 saturated carbocycles. The normalized spacial score (nSPS) is 28.1. The first-order valence-corrected chi connectivity index (χ1v) is 6.81. The van der Waals surface area contributed by atoms with E-state index in [4.69, 9.17) is 0 Å². The number of likely N-dealkylation sites (tertiary alicyclic amines) is 1. The molecule has 1 saturated heterocycles. The van der Waals surface area contributed by atoms with E-state index in [9.17, 15) is 32.7 Å². The number of quaternary nitrogens is 1. The van der Waals surface area contributed by atoms with Crippen molar-refractivity contribution in [2.24, 2.45) is 0 Å². The predicted molar refractivity (Wildman–Crippen MR) is 65.0 cm³/mol. The van der Waals surface area contributed by atoms with E-state index < -0.39 is 39.1 Å². The lowest BCUT2D eigenvalue weighted by Crippen LogP contribution is -2.63. The van der Waals surface area contributed by atoms with Crippen molar-refractivity contribution in [2.45, 2.75) is 44.2 Å². The van der Waals surface area contributed by atoms with E-state index in [0.717, 1.165) is 6.92 Å². The number of rotatable bonds is 2. The van der Waals surface area contributed by atoms with Gasteiger partial charge in [-0.3, -0.25) is 4.79 Å². The minimum atomic E-state index is -4.96. The number of alkyl halides is 3. The van der Waals surface area contributed by atoms with Gasteiger partial charge in [0.05, 0.1) is 6.54 Å².